The van der Waals surface area contributed by atoms with Crippen LogP contribution < -0.4 is 10.6 Å². The lowest BCUT2D eigenvalue weighted by Crippen LogP contribution is -2.29. The number of aliphatic hydroxyl groups is 1. The highest BCUT2D eigenvalue weighted by atomic mass is 32.1. The minimum atomic E-state index is -0.457. The molecule has 0 amide bonds. The van der Waals surface area contributed by atoms with Crippen LogP contribution in [0.25, 0.3) is 10.3 Å². The molecule has 10 heteroatoms. The highest BCUT2D eigenvalue weighted by molar-refractivity contribution is 7.18. The number of hydrogen-bond donors (Lipinski definition) is 3. The van der Waals surface area contributed by atoms with Crippen LogP contribution in [0.4, 0.5) is 5.95 Å². The van der Waals surface area contributed by atoms with Gasteiger partial charge >= 0.3 is 5.97 Å². The summed E-state index contributed by atoms with van der Waals surface area (Å²) in [6.45, 7) is 6.89. The Morgan fingerprint density at radius 1 is 1.17 bits per heavy atom. The number of ether oxygens (including phenoxy) is 1. The van der Waals surface area contributed by atoms with Crippen LogP contribution in [-0.4, -0.2) is 55.3 Å². The molecule has 3 aromatic heterocycles. The first-order valence-corrected chi connectivity index (χ1v) is 13.5. The van der Waals surface area contributed by atoms with Gasteiger partial charge in [0.25, 0.3) is 0 Å². The molecule has 3 N–H and O–H groups in total. The Hall–Kier alpha value is -2.69. The topological polar surface area (TPSA) is 122 Å². The molecule has 9 nitrogen and oxygen atoms in total. The van der Waals surface area contributed by atoms with Gasteiger partial charge in [-0.25, -0.2) is 19.9 Å². The molecule has 1 saturated carbocycles. The molecule has 1 fully saturated rings. The number of nitrogens with zero attached hydrogens (tertiary/aromatic N) is 4. The predicted octanol–water partition coefficient (Wildman–Crippen LogP) is 4.00. The predicted molar refractivity (Wildman–Crippen MR) is 141 cm³/mol. The van der Waals surface area contributed by atoms with Crippen molar-refractivity contribution in [2.75, 3.05) is 11.9 Å². The highest BCUT2D eigenvalue weighted by Crippen LogP contribution is 2.24. The average Bonchev–Trinajstić information content (AvgIpc) is 3.21. The van der Waals surface area contributed by atoms with Crippen molar-refractivity contribution in [3.05, 3.63) is 40.8 Å². The Labute approximate surface area is 216 Å². The minimum absolute atomic E-state index is 0.178. The van der Waals surface area contributed by atoms with Crippen molar-refractivity contribution >= 4 is 33.6 Å². The SMILES string of the molecule is CC(C)(C)OC(=O)CCCNCc1cc(Cc2nc3cccnc3s2)nc(NC2CCC(O)CC2)n1. The standard InChI is InChI=1S/C26H36N6O3S/c1-26(2,3)35-23(34)7-5-12-27-16-19-14-18(15-22-32-21-6-4-13-28-24(21)36-22)30-25(31-19)29-17-8-10-20(33)11-9-17/h4,6,13-14,17,20,27,33H,5,7-12,15-16H2,1-3H3,(H,29,30,31). The molecule has 1 aliphatic rings. The maximum atomic E-state index is 11.9. The van der Waals surface area contributed by atoms with Crippen molar-refractivity contribution in [3.8, 4) is 0 Å². The van der Waals surface area contributed by atoms with Crippen LogP contribution in [0.3, 0.4) is 0 Å². The number of rotatable bonds is 10. The second kappa shape index (κ2) is 12.0. The Bertz CT molecular complexity index is 1120. The molecule has 0 radical (unpaired) electrons. The van der Waals surface area contributed by atoms with Crippen molar-refractivity contribution in [2.24, 2.45) is 0 Å². The van der Waals surface area contributed by atoms with Crippen LogP contribution in [0, 0.1) is 0 Å². The molecule has 3 heterocycles. The highest BCUT2D eigenvalue weighted by Gasteiger charge is 2.20. The molecule has 0 bridgehead atoms. The fraction of sp³-hybridized carbons (Fsp3) is 0.577. The summed E-state index contributed by atoms with van der Waals surface area (Å²) in [4.78, 5) is 31.5. The molecular weight excluding hydrogens is 476 g/mol. The fourth-order valence-electron chi connectivity index (χ4n) is 4.21. The van der Waals surface area contributed by atoms with Gasteiger partial charge in [-0.15, -0.1) is 0 Å². The van der Waals surface area contributed by atoms with E-state index in [9.17, 15) is 9.90 Å². The molecule has 0 aliphatic heterocycles. The number of fused-ring (bicyclic) bond motifs is 1. The van der Waals surface area contributed by atoms with Crippen molar-refractivity contribution in [1.82, 2.24) is 25.3 Å². The number of aliphatic hydroxyl groups excluding tert-OH is 1. The van der Waals surface area contributed by atoms with E-state index in [4.69, 9.17) is 19.7 Å². The summed E-state index contributed by atoms with van der Waals surface area (Å²) in [7, 11) is 0. The number of pyridine rings is 1. The maximum absolute atomic E-state index is 11.9. The van der Waals surface area contributed by atoms with Gasteiger partial charge in [0.15, 0.2) is 0 Å². The fourth-order valence-corrected chi connectivity index (χ4v) is 5.13. The summed E-state index contributed by atoms with van der Waals surface area (Å²) in [5.41, 5.74) is 2.22. The van der Waals surface area contributed by atoms with Crippen LogP contribution in [0.2, 0.25) is 0 Å². The van der Waals surface area contributed by atoms with Crippen LogP contribution in [0.1, 0.15) is 75.7 Å². The van der Waals surface area contributed by atoms with Crippen molar-refractivity contribution in [3.63, 3.8) is 0 Å². The number of carbonyl (C=O) groups excluding carboxylic acids is 1. The van der Waals surface area contributed by atoms with E-state index >= 15 is 0 Å². The van der Waals surface area contributed by atoms with Gasteiger partial charge in [0.05, 0.1) is 17.5 Å². The van der Waals surface area contributed by atoms with E-state index in [2.05, 4.69) is 15.6 Å². The van der Waals surface area contributed by atoms with Gasteiger partial charge in [0.2, 0.25) is 5.95 Å². The van der Waals surface area contributed by atoms with E-state index in [0.29, 0.717) is 38.3 Å². The van der Waals surface area contributed by atoms with Gasteiger partial charge < -0.3 is 20.5 Å². The van der Waals surface area contributed by atoms with Gasteiger partial charge in [0.1, 0.15) is 21.0 Å². The second-order valence-corrected chi connectivity index (χ2v) is 11.4. The largest absolute Gasteiger partial charge is 0.460 e. The molecule has 1 aliphatic carbocycles. The third kappa shape index (κ3) is 8.18. The lowest BCUT2D eigenvalue weighted by Gasteiger charge is -2.26. The Kier molecular flexibility index (Phi) is 8.81. The molecular formula is C26H36N6O3S. The van der Waals surface area contributed by atoms with E-state index in [1.54, 1.807) is 17.5 Å². The quantitative estimate of drug-likeness (QED) is 0.273. The first-order valence-electron chi connectivity index (χ1n) is 12.7. The third-order valence-corrected chi connectivity index (χ3v) is 6.84. The van der Waals surface area contributed by atoms with Crippen LogP contribution in [0.5, 0.6) is 0 Å². The van der Waals surface area contributed by atoms with E-state index < -0.39 is 5.60 Å². The number of hydrogen-bond acceptors (Lipinski definition) is 10. The number of aromatic nitrogens is 4. The van der Waals surface area contributed by atoms with Crippen molar-refractivity contribution in [2.45, 2.75) is 90.0 Å². The zero-order valence-electron chi connectivity index (χ0n) is 21.3. The molecule has 0 spiro atoms. The molecule has 36 heavy (non-hydrogen) atoms. The average molecular weight is 513 g/mol. The summed E-state index contributed by atoms with van der Waals surface area (Å²) in [6.07, 6.45) is 6.64. The molecule has 4 rings (SSSR count). The lowest BCUT2D eigenvalue weighted by molar-refractivity contribution is -0.154. The molecule has 0 unspecified atom stereocenters. The number of carbonyl (C=O) groups is 1. The Morgan fingerprint density at radius 3 is 2.69 bits per heavy atom. The smallest absolute Gasteiger partial charge is 0.306 e. The monoisotopic (exact) mass is 512 g/mol. The summed E-state index contributed by atoms with van der Waals surface area (Å²) < 4.78 is 5.37. The summed E-state index contributed by atoms with van der Waals surface area (Å²) in [5, 5.41) is 17.7. The second-order valence-electron chi connectivity index (χ2n) is 10.3. The van der Waals surface area contributed by atoms with E-state index in [-0.39, 0.29) is 18.1 Å². The van der Waals surface area contributed by atoms with Gasteiger partial charge in [-0.05, 0) is 77.6 Å². The number of nitrogens with one attached hydrogen (secondary N) is 2. The summed E-state index contributed by atoms with van der Waals surface area (Å²) >= 11 is 1.58. The van der Waals surface area contributed by atoms with Gasteiger partial charge in [-0.2, -0.15) is 0 Å². The normalized spacial score (nSPS) is 18.3. The lowest BCUT2D eigenvalue weighted by atomic mass is 9.93. The van der Waals surface area contributed by atoms with Gasteiger partial charge in [-0.1, -0.05) is 11.3 Å². The Morgan fingerprint density at radius 2 is 1.94 bits per heavy atom. The van der Waals surface area contributed by atoms with Crippen molar-refractivity contribution < 1.29 is 14.6 Å². The first-order chi connectivity index (χ1) is 17.2. The number of anilines is 1. The summed E-state index contributed by atoms with van der Waals surface area (Å²) in [5.74, 6) is 0.432. The van der Waals surface area contributed by atoms with Crippen LogP contribution in [0.15, 0.2) is 24.4 Å². The van der Waals surface area contributed by atoms with E-state index in [0.717, 1.165) is 52.4 Å². The molecule has 0 saturated heterocycles. The number of esters is 1. The first kappa shape index (κ1) is 26.4. The maximum Gasteiger partial charge on any atom is 0.306 e. The third-order valence-electron chi connectivity index (χ3n) is 5.87. The van der Waals surface area contributed by atoms with Gasteiger partial charge in [0, 0.05) is 31.6 Å². The summed E-state index contributed by atoms with van der Waals surface area (Å²) in [6, 6.07) is 6.13. The van der Waals surface area contributed by atoms with E-state index in [1.807, 2.05) is 39.0 Å². The van der Waals surface area contributed by atoms with Gasteiger partial charge in [-0.3, -0.25) is 4.79 Å². The van der Waals surface area contributed by atoms with Crippen LogP contribution in [-0.2, 0) is 22.5 Å². The van der Waals surface area contributed by atoms with E-state index in [1.165, 1.54) is 0 Å². The minimum Gasteiger partial charge on any atom is -0.460 e. The molecule has 0 atom stereocenters. The molecule has 194 valence electrons. The van der Waals surface area contributed by atoms with Crippen LogP contribution >= 0.6 is 11.3 Å². The Balaban J connectivity index is 1.39. The molecule has 3 aromatic rings. The number of thiazole rings is 1. The zero-order valence-corrected chi connectivity index (χ0v) is 22.1. The molecule has 0 aromatic carbocycles. The zero-order chi connectivity index (χ0) is 25.5. The van der Waals surface area contributed by atoms with Crippen molar-refractivity contribution in [1.29, 1.82) is 0 Å².